The number of carbonyl (C=O) groups is 2. The molecule has 2 aromatic carbocycles. The van der Waals surface area contributed by atoms with Gasteiger partial charge in [-0.1, -0.05) is 36.4 Å². The van der Waals surface area contributed by atoms with Gasteiger partial charge in [-0.25, -0.2) is 8.42 Å². The summed E-state index contributed by atoms with van der Waals surface area (Å²) in [4.78, 5) is 20.8. The van der Waals surface area contributed by atoms with Crippen molar-refractivity contribution in [2.45, 2.75) is 28.7 Å². The Morgan fingerprint density at radius 2 is 1.32 bits per heavy atom. The topological polar surface area (TPSA) is 141 Å². The van der Waals surface area contributed by atoms with Gasteiger partial charge in [-0.05, 0) is 30.7 Å². The Balaban J connectivity index is 0.000000275. The lowest BCUT2D eigenvalue weighted by atomic mass is 10.2. The number of primary amides is 1. The van der Waals surface area contributed by atoms with E-state index in [4.69, 9.17) is 16.6 Å². The first-order valence-electron chi connectivity index (χ1n) is 7.37. The number of carboxylic acid groups (broad SMARTS) is 1. The molecule has 0 heterocycles. The molecule has 0 radical (unpaired) electrons. The van der Waals surface area contributed by atoms with Crippen LogP contribution in [-0.4, -0.2) is 31.4 Å². The number of aliphatic carboxylic acids is 1. The van der Waals surface area contributed by atoms with Gasteiger partial charge in [-0.15, -0.1) is 0 Å². The smallest absolute Gasteiger partial charge is 0.320 e. The van der Waals surface area contributed by atoms with Gasteiger partial charge in [0.1, 0.15) is 6.04 Å². The van der Waals surface area contributed by atoms with Crippen molar-refractivity contribution in [1.29, 1.82) is 0 Å². The molecule has 2 rings (SSSR count). The number of sulfone groups is 1. The molecule has 0 saturated carbocycles. The lowest BCUT2D eigenvalue weighted by Crippen LogP contribution is -2.31. The van der Waals surface area contributed by atoms with Crippen molar-refractivity contribution in [2.24, 2.45) is 11.5 Å². The highest BCUT2D eigenvalue weighted by molar-refractivity contribution is 7.91. The summed E-state index contributed by atoms with van der Waals surface area (Å²) in [6.45, 7) is 0. The van der Waals surface area contributed by atoms with Crippen LogP contribution >= 0.6 is 0 Å². The second kappa shape index (κ2) is 9.55. The van der Waals surface area contributed by atoms with Crippen molar-refractivity contribution < 1.29 is 23.1 Å². The van der Waals surface area contributed by atoms with Crippen LogP contribution in [0.25, 0.3) is 0 Å². The number of carbonyl (C=O) groups excluding carboxylic acids is 1. The standard InChI is InChI=1S/C12H10O2S.C5H10N2O3/c13-15(14,11-7-3-1-4-8-11)12-9-5-2-6-10-12;6-3(5(9)10)1-2-4(7)8/h1-10H;3H,1-2,6H2,(H2,7,8)(H,9,10). The zero-order chi connectivity index (χ0) is 18.9. The predicted molar refractivity (Wildman–Crippen MR) is 92.4 cm³/mol. The molecular formula is C17H20N2O5S. The number of rotatable bonds is 6. The van der Waals surface area contributed by atoms with Crippen molar-refractivity contribution >= 4 is 21.7 Å². The molecule has 1 unspecified atom stereocenters. The maximum absolute atomic E-state index is 12.0. The van der Waals surface area contributed by atoms with Crippen LogP contribution in [0.4, 0.5) is 0 Å². The normalized spacial score (nSPS) is 11.7. The summed E-state index contributed by atoms with van der Waals surface area (Å²) in [7, 11) is -3.34. The van der Waals surface area contributed by atoms with Crippen LogP contribution in [0, 0.1) is 0 Å². The van der Waals surface area contributed by atoms with Gasteiger partial charge in [-0.2, -0.15) is 0 Å². The van der Waals surface area contributed by atoms with Gasteiger partial charge >= 0.3 is 5.97 Å². The predicted octanol–water partition coefficient (Wildman–Crippen LogP) is 1.18. The highest BCUT2D eigenvalue weighted by Gasteiger charge is 2.15. The molecule has 1 atom stereocenters. The molecule has 0 aliphatic rings. The van der Waals surface area contributed by atoms with Crippen molar-refractivity contribution in [3.05, 3.63) is 60.7 Å². The second-order valence-electron chi connectivity index (χ2n) is 5.08. The molecule has 0 fully saturated rings. The van der Waals surface area contributed by atoms with Gasteiger partial charge in [0.25, 0.3) is 0 Å². The quantitative estimate of drug-likeness (QED) is 0.703. The summed E-state index contributed by atoms with van der Waals surface area (Å²) in [6.07, 6.45) is 0.123. The molecule has 1 amide bonds. The average molecular weight is 364 g/mol. The first-order chi connectivity index (χ1) is 11.7. The fourth-order valence-corrected chi connectivity index (χ4v) is 3.06. The fraction of sp³-hybridized carbons (Fsp3) is 0.176. The zero-order valence-corrected chi connectivity index (χ0v) is 14.2. The minimum atomic E-state index is -3.34. The van der Waals surface area contributed by atoms with Crippen molar-refractivity contribution in [3.63, 3.8) is 0 Å². The molecule has 0 bridgehead atoms. The number of amides is 1. The SMILES string of the molecule is NC(=O)CCC(N)C(=O)O.O=S(=O)(c1ccccc1)c1ccccc1. The van der Waals surface area contributed by atoms with E-state index in [1.807, 2.05) is 0 Å². The van der Waals surface area contributed by atoms with Gasteiger partial charge in [0.2, 0.25) is 15.7 Å². The number of hydrogen-bond acceptors (Lipinski definition) is 5. The Morgan fingerprint density at radius 1 is 0.920 bits per heavy atom. The summed E-state index contributed by atoms with van der Waals surface area (Å²) in [5.74, 6) is -1.64. The van der Waals surface area contributed by atoms with E-state index in [0.29, 0.717) is 9.79 Å². The molecule has 0 aliphatic heterocycles. The zero-order valence-electron chi connectivity index (χ0n) is 13.4. The van der Waals surface area contributed by atoms with Gasteiger partial charge in [0.15, 0.2) is 0 Å². The Kier molecular flexibility index (Phi) is 7.77. The first-order valence-corrected chi connectivity index (χ1v) is 8.85. The van der Waals surface area contributed by atoms with Crippen molar-refractivity contribution in [3.8, 4) is 0 Å². The number of carboxylic acids is 1. The number of nitrogens with two attached hydrogens (primary N) is 2. The Hall–Kier alpha value is -2.71. The molecule has 134 valence electrons. The van der Waals surface area contributed by atoms with Crippen LogP contribution in [0.5, 0.6) is 0 Å². The Bertz CT molecular complexity index is 747. The van der Waals surface area contributed by atoms with Crippen molar-refractivity contribution in [2.75, 3.05) is 0 Å². The van der Waals surface area contributed by atoms with Crippen LogP contribution in [0.1, 0.15) is 12.8 Å². The molecule has 0 aromatic heterocycles. The van der Waals surface area contributed by atoms with Gasteiger partial charge in [0, 0.05) is 6.42 Å². The summed E-state index contributed by atoms with van der Waals surface area (Å²) in [5.41, 5.74) is 9.81. The van der Waals surface area contributed by atoms with E-state index >= 15 is 0 Å². The van der Waals surface area contributed by atoms with Crippen molar-refractivity contribution in [1.82, 2.24) is 0 Å². The van der Waals surface area contributed by atoms with Crippen LogP contribution < -0.4 is 11.5 Å². The summed E-state index contributed by atoms with van der Waals surface area (Å²) < 4.78 is 24.1. The Morgan fingerprint density at radius 3 is 1.64 bits per heavy atom. The van der Waals surface area contributed by atoms with E-state index in [0.717, 1.165) is 0 Å². The molecule has 25 heavy (non-hydrogen) atoms. The third kappa shape index (κ3) is 6.74. The monoisotopic (exact) mass is 364 g/mol. The van der Waals surface area contributed by atoms with E-state index in [-0.39, 0.29) is 12.8 Å². The fourth-order valence-electron chi connectivity index (χ4n) is 1.76. The molecule has 0 saturated heterocycles. The highest BCUT2D eigenvalue weighted by Crippen LogP contribution is 2.19. The van der Waals surface area contributed by atoms with E-state index in [1.54, 1.807) is 60.7 Å². The molecule has 0 aliphatic carbocycles. The molecule has 2 aromatic rings. The summed E-state index contributed by atoms with van der Waals surface area (Å²) >= 11 is 0. The van der Waals surface area contributed by atoms with Gasteiger partial charge in [-0.3, -0.25) is 9.59 Å². The average Bonchev–Trinajstić information content (AvgIpc) is 2.61. The summed E-state index contributed by atoms with van der Waals surface area (Å²) in [5, 5.41) is 8.22. The largest absolute Gasteiger partial charge is 0.480 e. The molecule has 7 nitrogen and oxygen atoms in total. The second-order valence-corrected chi connectivity index (χ2v) is 7.03. The lowest BCUT2D eigenvalue weighted by molar-refractivity contribution is -0.138. The van der Waals surface area contributed by atoms with Crippen LogP contribution in [0.15, 0.2) is 70.5 Å². The lowest BCUT2D eigenvalue weighted by Gasteiger charge is -2.03. The third-order valence-corrected chi connectivity index (χ3v) is 4.91. The molecule has 8 heteroatoms. The van der Waals surface area contributed by atoms with Crippen LogP contribution in [0.3, 0.4) is 0 Å². The van der Waals surface area contributed by atoms with E-state index in [2.05, 4.69) is 0 Å². The summed E-state index contributed by atoms with van der Waals surface area (Å²) in [6, 6.07) is 15.9. The maximum Gasteiger partial charge on any atom is 0.320 e. The van der Waals surface area contributed by atoms with E-state index < -0.39 is 27.8 Å². The number of hydrogen-bond donors (Lipinski definition) is 3. The minimum Gasteiger partial charge on any atom is -0.480 e. The highest BCUT2D eigenvalue weighted by atomic mass is 32.2. The molecule has 0 spiro atoms. The molecule has 5 N–H and O–H groups in total. The van der Waals surface area contributed by atoms with Crippen LogP contribution in [0.2, 0.25) is 0 Å². The Labute approximate surface area is 146 Å². The van der Waals surface area contributed by atoms with Gasteiger partial charge in [0.05, 0.1) is 9.79 Å². The first kappa shape index (κ1) is 20.3. The minimum absolute atomic E-state index is 0.0213. The number of benzene rings is 2. The maximum atomic E-state index is 12.0. The van der Waals surface area contributed by atoms with E-state index in [1.165, 1.54) is 0 Å². The van der Waals surface area contributed by atoms with Gasteiger partial charge < -0.3 is 16.6 Å². The molecular weight excluding hydrogens is 344 g/mol. The van der Waals surface area contributed by atoms with E-state index in [9.17, 15) is 18.0 Å². The van der Waals surface area contributed by atoms with Crippen LogP contribution in [-0.2, 0) is 19.4 Å². The third-order valence-electron chi connectivity index (χ3n) is 3.13.